The van der Waals surface area contributed by atoms with E-state index in [1.54, 1.807) is 39.1 Å². The van der Waals surface area contributed by atoms with Gasteiger partial charge in [0.25, 0.3) is 0 Å². The van der Waals surface area contributed by atoms with Gasteiger partial charge >= 0.3 is 6.18 Å². The Kier molecular flexibility index (Phi) is 9.21. The largest absolute Gasteiger partial charge is 0.431 e. The van der Waals surface area contributed by atoms with E-state index < -0.39 is 17.4 Å². The summed E-state index contributed by atoms with van der Waals surface area (Å²) in [5, 5.41) is 22.6. The monoisotopic (exact) mass is 472 g/mol. The van der Waals surface area contributed by atoms with Crippen LogP contribution >= 0.6 is 0 Å². The van der Waals surface area contributed by atoms with Crippen molar-refractivity contribution < 1.29 is 13.2 Å². The zero-order valence-electron chi connectivity index (χ0n) is 20.0. The number of pyridine rings is 1. The topological polar surface area (TPSA) is 87.8 Å². The molecule has 9 heteroatoms. The van der Waals surface area contributed by atoms with Gasteiger partial charge in [0.15, 0.2) is 0 Å². The molecule has 3 N–H and O–H groups in total. The normalized spacial score (nSPS) is 17.0. The summed E-state index contributed by atoms with van der Waals surface area (Å²) in [6.45, 7) is 10.7. The van der Waals surface area contributed by atoms with Crippen LogP contribution in [-0.2, 0) is 0 Å². The number of nitrogens with one attached hydrogen (secondary N) is 3. The fraction of sp³-hybridized carbons (Fsp3) is 0.400. The predicted molar refractivity (Wildman–Crippen MR) is 129 cm³/mol. The van der Waals surface area contributed by atoms with Gasteiger partial charge in [-0.2, -0.15) is 18.4 Å². The van der Waals surface area contributed by atoms with Crippen molar-refractivity contribution in [3.8, 4) is 6.07 Å². The molecule has 34 heavy (non-hydrogen) atoms. The summed E-state index contributed by atoms with van der Waals surface area (Å²) in [5.74, 6) is 0.0909. The van der Waals surface area contributed by atoms with Crippen molar-refractivity contribution in [2.24, 2.45) is 5.92 Å². The molecule has 0 aromatic carbocycles. The lowest BCUT2D eigenvalue weighted by molar-refractivity contribution is -0.0906. The lowest BCUT2D eigenvalue weighted by atomic mass is 9.89. The summed E-state index contributed by atoms with van der Waals surface area (Å²) >= 11 is 0. The van der Waals surface area contributed by atoms with Gasteiger partial charge in [0.2, 0.25) is 0 Å². The first-order valence-corrected chi connectivity index (χ1v) is 10.9. The molecule has 6 nitrogen and oxygen atoms in total. The van der Waals surface area contributed by atoms with Gasteiger partial charge in [-0.3, -0.25) is 4.98 Å². The van der Waals surface area contributed by atoms with Crippen molar-refractivity contribution in [3.05, 3.63) is 70.5 Å². The van der Waals surface area contributed by atoms with Crippen LogP contribution in [-0.4, -0.2) is 42.4 Å². The molecule has 0 spiro atoms. The van der Waals surface area contributed by atoms with Gasteiger partial charge in [0.05, 0.1) is 18.0 Å². The van der Waals surface area contributed by atoms with E-state index in [0.29, 0.717) is 23.0 Å². The molecule has 1 fully saturated rings. The minimum absolute atomic E-state index is 0.0909. The molecule has 1 aliphatic heterocycles. The fourth-order valence-corrected chi connectivity index (χ4v) is 3.65. The number of anilines is 1. The second-order valence-electron chi connectivity index (χ2n) is 8.32. The van der Waals surface area contributed by atoms with Crippen molar-refractivity contribution in [1.82, 2.24) is 15.2 Å². The van der Waals surface area contributed by atoms with Crippen molar-refractivity contribution in [2.45, 2.75) is 39.8 Å². The molecule has 182 valence electrons. The van der Waals surface area contributed by atoms with E-state index in [1.807, 2.05) is 7.05 Å². The van der Waals surface area contributed by atoms with Crippen LogP contribution in [0.5, 0.6) is 0 Å². The Hall–Kier alpha value is -3.38. The zero-order valence-corrected chi connectivity index (χ0v) is 20.0. The third kappa shape index (κ3) is 6.81. The molecule has 0 radical (unpaired) electrons. The highest BCUT2D eigenvalue weighted by molar-refractivity contribution is 5.85. The van der Waals surface area contributed by atoms with Crippen molar-refractivity contribution >= 4 is 11.9 Å². The average molecular weight is 473 g/mol. The minimum Gasteiger partial charge on any atom is -0.356 e. The molecule has 0 bridgehead atoms. The van der Waals surface area contributed by atoms with Crippen LogP contribution in [0.25, 0.3) is 0 Å². The maximum Gasteiger partial charge on any atom is 0.431 e. The third-order valence-corrected chi connectivity index (χ3v) is 5.95. The Morgan fingerprint density at radius 1 is 1.29 bits per heavy atom. The smallest absolute Gasteiger partial charge is 0.356 e. The number of aryl methyl sites for hydroxylation is 1. The van der Waals surface area contributed by atoms with Gasteiger partial charge in [-0.1, -0.05) is 12.7 Å². The number of nitrogens with zero attached hydrogens (tertiary/aromatic N) is 3. The molecule has 0 atom stereocenters. The van der Waals surface area contributed by atoms with Gasteiger partial charge in [0, 0.05) is 35.0 Å². The number of hydrogen-bond acceptors (Lipinski definition) is 6. The van der Waals surface area contributed by atoms with Gasteiger partial charge < -0.3 is 20.9 Å². The number of halogens is 3. The van der Waals surface area contributed by atoms with Gasteiger partial charge in [-0.05, 0) is 76.9 Å². The van der Waals surface area contributed by atoms with Crippen LogP contribution in [0.2, 0.25) is 0 Å². The first kappa shape index (κ1) is 26.9. The first-order valence-electron chi connectivity index (χ1n) is 10.9. The molecule has 1 aromatic heterocycles. The maximum atomic E-state index is 14.0. The molecule has 1 aliphatic rings. The Balaban J connectivity index is 2.37. The lowest BCUT2D eigenvalue weighted by Gasteiger charge is -2.28. The molecular formula is C25H31F3N6. The minimum atomic E-state index is -4.77. The number of likely N-dealkylation sites (tertiary alicyclic amines) is 1. The summed E-state index contributed by atoms with van der Waals surface area (Å²) in [5.41, 5.74) is 0.877. The second kappa shape index (κ2) is 11.7. The van der Waals surface area contributed by atoms with E-state index in [2.05, 4.69) is 33.2 Å². The highest BCUT2D eigenvalue weighted by Crippen LogP contribution is 2.32. The number of hydrogen-bond donors (Lipinski definition) is 3. The predicted octanol–water partition coefficient (Wildman–Crippen LogP) is 5.38. The van der Waals surface area contributed by atoms with E-state index in [9.17, 15) is 18.4 Å². The van der Waals surface area contributed by atoms with E-state index in [1.165, 1.54) is 6.20 Å². The molecule has 0 saturated carbocycles. The number of alkyl halides is 3. The average Bonchev–Trinajstić information content (AvgIpc) is 2.79. The van der Waals surface area contributed by atoms with Gasteiger partial charge in [0.1, 0.15) is 5.70 Å². The van der Waals surface area contributed by atoms with E-state index in [4.69, 9.17) is 5.41 Å². The van der Waals surface area contributed by atoms with Crippen LogP contribution in [0, 0.1) is 36.5 Å². The van der Waals surface area contributed by atoms with Crippen molar-refractivity contribution in [2.75, 3.05) is 25.5 Å². The summed E-state index contributed by atoms with van der Waals surface area (Å²) < 4.78 is 42.0. The highest BCUT2D eigenvalue weighted by Gasteiger charge is 2.37. The number of allylic oxidation sites excluding steroid dienone is 5. The summed E-state index contributed by atoms with van der Waals surface area (Å²) in [6, 6.07) is 2.23. The number of piperidine rings is 1. The maximum absolute atomic E-state index is 14.0. The van der Waals surface area contributed by atoms with Crippen LogP contribution in [0.3, 0.4) is 0 Å². The highest BCUT2D eigenvalue weighted by atomic mass is 19.4. The summed E-state index contributed by atoms with van der Waals surface area (Å²) in [4.78, 5) is 6.16. The molecule has 1 saturated heterocycles. The quantitative estimate of drug-likeness (QED) is 0.269. The number of nitriles is 1. The van der Waals surface area contributed by atoms with Crippen LogP contribution < -0.4 is 10.6 Å². The summed E-state index contributed by atoms with van der Waals surface area (Å²) in [7, 11) is 2.03. The Labute approximate surface area is 199 Å². The molecular weight excluding hydrogens is 441 g/mol. The molecule has 2 rings (SSSR count). The fourth-order valence-electron chi connectivity index (χ4n) is 3.65. The molecule has 0 amide bonds. The zero-order chi connectivity index (χ0) is 25.5. The number of aromatic nitrogens is 1. The molecule has 0 unspecified atom stereocenters. The number of rotatable bonds is 8. The Morgan fingerprint density at radius 2 is 1.94 bits per heavy atom. The third-order valence-electron chi connectivity index (χ3n) is 5.95. The lowest BCUT2D eigenvalue weighted by Crippen LogP contribution is -2.31. The van der Waals surface area contributed by atoms with E-state index >= 15 is 0 Å². The standard InChI is InChI=1S/C25H31F3N6/c1-6-21(11-20(12-29)19-7-9-34(5)10-8-19)32-18(4)22(13-30)24(25(26,27)28)33-23-15-31-14-16(2)17(23)3/h6,11,13-15,19,30,32-33H,4,7-10H2,1-3,5H3/b20-11-,21-6+,24-22+,30-13?. The molecule has 0 aliphatic carbocycles. The Bertz CT molecular complexity index is 1050. The Morgan fingerprint density at radius 3 is 2.47 bits per heavy atom. The van der Waals surface area contributed by atoms with Crippen molar-refractivity contribution in [1.29, 1.82) is 10.7 Å². The van der Waals surface area contributed by atoms with Crippen LogP contribution in [0.4, 0.5) is 18.9 Å². The molecule has 1 aromatic rings. The van der Waals surface area contributed by atoms with Crippen LogP contribution in [0.15, 0.2) is 59.4 Å². The first-order chi connectivity index (χ1) is 16.0. The van der Waals surface area contributed by atoms with Gasteiger partial charge in [-0.15, -0.1) is 0 Å². The molecule has 2 heterocycles. The van der Waals surface area contributed by atoms with Crippen LogP contribution in [0.1, 0.15) is 30.9 Å². The van der Waals surface area contributed by atoms with Crippen molar-refractivity contribution in [3.63, 3.8) is 0 Å². The SMILES string of the molecule is C=C(NC(=C/C)/C=C(/C#N)C1CCN(C)CC1)/C(C=N)=C(/Nc1cncc(C)c1C)C(F)(F)F. The summed E-state index contributed by atoms with van der Waals surface area (Å²) in [6.07, 6.45) is 3.71. The van der Waals surface area contributed by atoms with E-state index in [-0.39, 0.29) is 17.3 Å². The van der Waals surface area contributed by atoms with E-state index in [0.717, 1.165) is 31.5 Å². The second-order valence-corrected chi connectivity index (χ2v) is 8.32. The van der Waals surface area contributed by atoms with Gasteiger partial charge in [-0.25, -0.2) is 0 Å².